The fourth-order valence-corrected chi connectivity index (χ4v) is 6.65. The zero-order chi connectivity index (χ0) is 25.4. The molecule has 1 spiro atoms. The molecule has 6 rings (SSSR count). The van der Waals surface area contributed by atoms with Crippen LogP contribution < -0.4 is 4.74 Å². The zero-order valence-corrected chi connectivity index (χ0v) is 21.7. The van der Waals surface area contributed by atoms with Crippen LogP contribution in [-0.2, 0) is 25.6 Å². The quantitative estimate of drug-likeness (QED) is 0.433. The number of methoxy groups -OCH3 is 1. The zero-order valence-electron chi connectivity index (χ0n) is 21.7. The Balaban J connectivity index is 1.41. The van der Waals surface area contributed by atoms with E-state index in [0.29, 0.717) is 0 Å². The Kier molecular flexibility index (Phi) is 6.44. The van der Waals surface area contributed by atoms with E-state index in [1.165, 1.54) is 33.3 Å². The van der Waals surface area contributed by atoms with E-state index in [1.54, 1.807) is 7.11 Å². The van der Waals surface area contributed by atoms with Crippen molar-refractivity contribution in [1.29, 1.82) is 0 Å². The number of ether oxygens (including phenoxy) is 1. The van der Waals surface area contributed by atoms with Gasteiger partial charge in [-0.15, -0.1) is 0 Å². The van der Waals surface area contributed by atoms with Gasteiger partial charge in [-0.05, 0) is 66.9 Å². The Hall–Kier alpha value is -3.26. The lowest BCUT2D eigenvalue weighted by atomic mass is 9.68. The molecule has 4 aromatic rings. The monoisotopic (exact) mass is 497 g/mol. The second-order valence-electron chi connectivity index (χ2n) is 10.6. The maximum atomic E-state index is 10.7. The molecule has 1 aromatic carbocycles. The van der Waals surface area contributed by atoms with Crippen molar-refractivity contribution < 1.29 is 9.84 Å². The number of hydrogen-bond donors (Lipinski definition) is 1. The van der Waals surface area contributed by atoms with E-state index >= 15 is 0 Å². The molecule has 0 amide bonds. The second kappa shape index (κ2) is 9.89. The third kappa shape index (κ3) is 4.31. The van der Waals surface area contributed by atoms with Crippen LogP contribution >= 0.6 is 0 Å². The first-order valence-corrected chi connectivity index (χ1v) is 13.1. The SMILES string of the molecule is COc1ccc2c3c(n(C)c2c1)[C@H](CO)N(Cc1cccnc1)CC31CCN(Cc2cccnc2)CC1. The van der Waals surface area contributed by atoms with Gasteiger partial charge in [0.05, 0.1) is 25.3 Å². The predicted molar refractivity (Wildman–Crippen MR) is 144 cm³/mol. The Morgan fingerprint density at radius 3 is 2.32 bits per heavy atom. The average molecular weight is 498 g/mol. The lowest BCUT2D eigenvalue weighted by Gasteiger charge is -2.50. The number of benzene rings is 1. The second-order valence-corrected chi connectivity index (χ2v) is 10.6. The van der Waals surface area contributed by atoms with Crippen LogP contribution in [0.15, 0.2) is 67.3 Å². The molecule has 0 saturated carbocycles. The van der Waals surface area contributed by atoms with E-state index in [4.69, 9.17) is 4.74 Å². The molecule has 7 heteroatoms. The molecule has 5 heterocycles. The number of piperidine rings is 1. The summed E-state index contributed by atoms with van der Waals surface area (Å²) in [7, 11) is 3.86. The van der Waals surface area contributed by atoms with Crippen LogP contribution in [0.1, 0.15) is 41.3 Å². The summed E-state index contributed by atoms with van der Waals surface area (Å²) in [5, 5.41) is 12.0. The van der Waals surface area contributed by atoms with Crippen molar-refractivity contribution in [3.8, 4) is 5.75 Å². The molecular weight excluding hydrogens is 462 g/mol. The van der Waals surface area contributed by atoms with Crippen LogP contribution in [0.2, 0.25) is 0 Å². The summed E-state index contributed by atoms with van der Waals surface area (Å²) in [5.41, 5.74) is 6.29. The molecule has 0 radical (unpaired) electrons. The Morgan fingerprint density at radius 2 is 1.70 bits per heavy atom. The van der Waals surface area contributed by atoms with Crippen LogP contribution in [-0.4, -0.2) is 62.8 Å². The topological polar surface area (TPSA) is 66.7 Å². The highest BCUT2D eigenvalue weighted by atomic mass is 16.5. The van der Waals surface area contributed by atoms with Gasteiger partial charge in [-0.3, -0.25) is 19.8 Å². The Morgan fingerprint density at radius 1 is 1.00 bits per heavy atom. The molecule has 192 valence electrons. The van der Waals surface area contributed by atoms with Gasteiger partial charge in [0.1, 0.15) is 5.75 Å². The van der Waals surface area contributed by atoms with Gasteiger partial charge < -0.3 is 14.4 Å². The summed E-state index contributed by atoms with van der Waals surface area (Å²) in [4.78, 5) is 13.7. The number of hydrogen-bond acceptors (Lipinski definition) is 6. The minimum absolute atomic E-state index is 0.0166. The number of likely N-dealkylation sites (tertiary alicyclic amines) is 1. The molecule has 1 saturated heterocycles. The first-order valence-electron chi connectivity index (χ1n) is 13.1. The third-order valence-corrected chi connectivity index (χ3v) is 8.47. The van der Waals surface area contributed by atoms with Crippen LogP contribution in [0, 0.1) is 0 Å². The van der Waals surface area contributed by atoms with Crippen molar-refractivity contribution in [2.45, 2.75) is 37.4 Å². The first-order chi connectivity index (χ1) is 18.1. The van der Waals surface area contributed by atoms with Crippen LogP contribution in [0.4, 0.5) is 0 Å². The van der Waals surface area contributed by atoms with Crippen molar-refractivity contribution in [3.05, 3.63) is 89.6 Å². The normalized spacial score (nSPS) is 19.8. The molecule has 1 fully saturated rings. The van der Waals surface area contributed by atoms with Gasteiger partial charge in [0.15, 0.2) is 0 Å². The molecule has 3 aromatic heterocycles. The molecule has 1 atom stereocenters. The van der Waals surface area contributed by atoms with E-state index in [1.807, 2.05) is 36.9 Å². The molecular formula is C30H35N5O2. The van der Waals surface area contributed by atoms with Gasteiger partial charge >= 0.3 is 0 Å². The molecule has 0 bridgehead atoms. The molecule has 2 aliphatic heterocycles. The minimum atomic E-state index is -0.0716. The van der Waals surface area contributed by atoms with Crippen molar-refractivity contribution in [2.75, 3.05) is 33.4 Å². The molecule has 0 unspecified atom stereocenters. The van der Waals surface area contributed by atoms with Crippen LogP contribution in [0.5, 0.6) is 5.75 Å². The summed E-state index contributed by atoms with van der Waals surface area (Å²) >= 11 is 0. The number of rotatable bonds is 6. The summed E-state index contributed by atoms with van der Waals surface area (Å²) in [6, 6.07) is 14.7. The lowest BCUT2D eigenvalue weighted by molar-refractivity contribution is 0.0402. The molecule has 1 N–H and O–H groups in total. The highest BCUT2D eigenvalue weighted by molar-refractivity contribution is 5.88. The number of nitrogens with zero attached hydrogens (tertiary/aromatic N) is 5. The minimum Gasteiger partial charge on any atom is -0.497 e. The van der Waals surface area contributed by atoms with Crippen molar-refractivity contribution in [1.82, 2.24) is 24.3 Å². The number of aromatic nitrogens is 3. The summed E-state index contributed by atoms with van der Waals surface area (Å²) < 4.78 is 7.88. The van der Waals surface area contributed by atoms with Crippen molar-refractivity contribution in [2.24, 2.45) is 7.05 Å². The van der Waals surface area contributed by atoms with Gasteiger partial charge in [0.25, 0.3) is 0 Å². The summed E-state index contributed by atoms with van der Waals surface area (Å²) in [5.74, 6) is 0.860. The van der Waals surface area contributed by atoms with E-state index in [0.717, 1.165) is 51.3 Å². The van der Waals surface area contributed by atoms with E-state index in [2.05, 4.69) is 61.7 Å². The fourth-order valence-electron chi connectivity index (χ4n) is 6.65. The molecule has 2 aliphatic rings. The third-order valence-electron chi connectivity index (χ3n) is 8.47. The Labute approximate surface area is 218 Å². The Bertz CT molecular complexity index is 1360. The number of aliphatic hydroxyl groups is 1. The highest BCUT2D eigenvalue weighted by Crippen LogP contribution is 2.50. The number of pyridine rings is 2. The van der Waals surface area contributed by atoms with E-state index in [9.17, 15) is 5.11 Å². The van der Waals surface area contributed by atoms with Gasteiger partial charge in [-0.1, -0.05) is 12.1 Å². The summed E-state index contributed by atoms with van der Waals surface area (Å²) in [6.45, 7) is 4.77. The fraction of sp³-hybridized carbons (Fsp3) is 0.400. The average Bonchev–Trinajstić information content (AvgIpc) is 3.24. The standard InChI is InChI=1S/C30H35N5O2/c1-33-26-15-24(37-2)7-8-25(26)28-29(33)27(20-36)35(19-23-6-4-12-32-17-23)21-30(28)9-13-34(14-10-30)18-22-5-3-11-31-16-22/h3-8,11-12,15-17,27,36H,9-10,13-14,18-21H2,1-2H3/t27-/m0/s1. The maximum absolute atomic E-state index is 10.7. The number of aliphatic hydroxyl groups excluding tert-OH is 1. The summed E-state index contributed by atoms with van der Waals surface area (Å²) in [6.07, 6.45) is 9.72. The van der Waals surface area contributed by atoms with Gasteiger partial charge in [0.2, 0.25) is 0 Å². The first kappa shape index (κ1) is 24.1. The van der Waals surface area contributed by atoms with Crippen LogP contribution in [0.3, 0.4) is 0 Å². The number of fused-ring (bicyclic) bond motifs is 4. The van der Waals surface area contributed by atoms with Gasteiger partial charge in [-0.25, -0.2) is 0 Å². The van der Waals surface area contributed by atoms with Gasteiger partial charge in [0, 0.05) is 74.0 Å². The van der Waals surface area contributed by atoms with Crippen LogP contribution in [0.25, 0.3) is 10.9 Å². The molecule has 7 nitrogen and oxygen atoms in total. The van der Waals surface area contributed by atoms with Gasteiger partial charge in [-0.2, -0.15) is 0 Å². The molecule has 0 aliphatic carbocycles. The largest absolute Gasteiger partial charge is 0.497 e. The molecule has 37 heavy (non-hydrogen) atoms. The lowest BCUT2D eigenvalue weighted by Crippen LogP contribution is -2.53. The smallest absolute Gasteiger partial charge is 0.120 e. The van der Waals surface area contributed by atoms with Crippen molar-refractivity contribution in [3.63, 3.8) is 0 Å². The maximum Gasteiger partial charge on any atom is 0.120 e. The predicted octanol–water partition coefficient (Wildman–Crippen LogP) is 4.06. The van der Waals surface area contributed by atoms with E-state index < -0.39 is 0 Å². The number of aryl methyl sites for hydroxylation is 1. The van der Waals surface area contributed by atoms with E-state index in [-0.39, 0.29) is 18.1 Å². The highest BCUT2D eigenvalue weighted by Gasteiger charge is 2.48. The van der Waals surface area contributed by atoms with Crippen molar-refractivity contribution >= 4 is 10.9 Å².